The summed E-state index contributed by atoms with van der Waals surface area (Å²) in [6.07, 6.45) is 0.363. The fourth-order valence-electron chi connectivity index (χ4n) is 4.75. The van der Waals surface area contributed by atoms with Gasteiger partial charge in [-0.2, -0.15) is 0 Å². The number of nitrogens with one attached hydrogen (secondary N) is 3. The molecule has 0 unspecified atom stereocenters. The molecular formula is C35H37N3O9. The summed E-state index contributed by atoms with van der Waals surface area (Å²) in [5.74, 6) is -2.44. The quantitative estimate of drug-likeness (QED) is 0.0981. The molecule has 0 saturated heterocycles. The largest absolute Gasteiger partial charge is 0.466 e. The molecule has 2 atom stereocenters. The van der Waals surface area contributed by atoms with E-state index in [1.807, 2.05) is 36.4 Å². The van der Waals surface area contributed by atoms with Crippen molar-refractivity contribution in [1.29, 1.82) is 0 Å². The average Bonchev–Trinajstić information content (AvgIpc) is 3.46. The summed E-state index contributed by atoms with van der Waals surface area (Å²) in [5, 5.41) is 5.74. The molecule has 246 valence electrons. The van der Waals surface area contributed by atoms with Crippen LogP contribution in [0, 0.1) is 0 Å². The summed E-state index contributed by atoms with van der Waals surface area (Å²) >= 11 is 0. The number of aromatic amines is 1. The minimum atomic E-state index is -1.36. The molecule has 0 bridgehead atoms. The third kappa shape index (κ3) is 10.5. The Bertz CT molecular complexity index is 1670. The van der Waals surface area contributed by atoms with Crippen LogP contribution in [0.3, 0.4) is 0 Å². The molecule has 0 aliphatic heterocycles. The summed E-state index contributed by atoms with van der Waals surface area (Å²) in [5.41, 5.74) is 2.85. The molecule has 3 N–H and O–H groups in total. The fraction of sp³-hybridized carbons (Fsp3) is 0.286. The van der Waals surface area contributed by atoms with Crippen LogP contribution in [-0.4, -0.2) is 60.2 Å². The van der Waals surface area contributed by atoms with Crippen LogP contribution in [0.4, 0.5) is 4.79 Å². The zero-order valence-electron chi connectivity index (χ0n) is 26.2. The molecule has 4 aromatic rings. The molecule has 0 aliphatic rings. The van der Waals surface area contributed by atoms with Gasteiger partial charge in [-0.25, -0.2) is 9.59 Å². The minimum Gasteiger partial charge on any atom is -0.466 e. The number of ether oxygens (including phenoxy) is 4. The van der Waals surface area contributed by atoms with Crippen LogP contribution in [0.5, 0.6) is 5.75 Å². The predicted octanol–water partition coefficient (Wildman–Crippen LogP) is 4.15. The minimum absolute atomic E-state index is 0.0229. The Morgan fingerprint density at radius 1 is 0.745 bits per heavy atom. The summed E-state index contributed by atoms with van der Waals surface area (Å²) in [7, 11) is 0. The number of benzene rings is 3. The fourth-order valence-corrected chi connectivity index (χ4v) is 4.75. The predicted molar refractivity (Wildman–Crippen MR) is 171 cm³/mol. The highest BCUT2D eigenvalue weighted by atomic mass is 16.6. The van der Waals surface area contributed by atoms with Gasteiger partial charge < -0.3 is 34.6 Å². The molecule has 1 aromatic heterocycles. The van der Waals surface area contributed by atoms with Gasteiger partial charge in [0.25, 0.3) is 0 Å². The number of carbonyl (C=O) groups excluding carboxylic acids is 5. The first-order chi connectivity index (χ1) is 22.7. The number of aromatic nitrogens is 1. The van der Waals surface area contributed by atoms with E-state index in [4.69, 9.17) is 18.9 Å². The van der Waals surface area contributed by atoms with E-state index >= 15 is 0 Å². The van der Waals surface area contributed by atoms with Crippen molar-refractivity contribution in [2.45, 2.75) is 51.8 Å². The van der Waals surface area contributed by atoms with Gasteiger partial charge in [-0.15, -0.1) is 0 Å². The van der Waals surface area contributed by atoms with Gasteiger partial charge in [0.1, 0.15) is 24.4 Å². The molecule has 1 heterocycles. The normalized spacial score (nSPS) is 12.0. The molecule has 4 rings (SSSR count). The van der Waals surface area contributed by atoms with E-state index in [0.29, 0.717) is 22.2 Å². The topological polar surface area (TPSA) is 162 Å². The number of carbonyl (C=O) groups is 5. The number of hydrogen-bond donors (Lipinski definition) is 3. The number of alkyl carbamates (subject to hydrolysis) is 1. The molecule has 0 radical (unpaired) electrons. The maximum absolute atomic E-state index is 13.6. The van der Waals surface area contributed by atoms with Gasteiger partial charge in [-0.05, 0) is 48.7 Å². The summed E-state index contributed by atoms with van der Waals surface area (Å²) in [4.78, 5) is 67.1. The van der Waals surface area contributed by atoms with E-state index in [-0.39, 0.29) is 32.7 Å². The molecular weight excluding hydrogens is 606 g/mol. The van der Waals surface area contributed by atoms with Crippen LogP contribution in [0.1, 0.15) is 37.0 Å². The molecule has 2 amide bonds. The van der Waals surface area contributed by atoms with Gasteiger partial charge in [0.2, 0.25) is 5.91 Å². The van der Waals surface area contributed by atoms with Crippen LogP contribution in [0.25, 0.3) is 10.9 Å². The van der Waals surface area contributed by atoms with E-state index < -0.39 is 48.4 Å². The van der Waals surface area contributed by atoms with Gasteiger partial charge in [0.05, 0.1) is 26.1 Å². The summed E-state index contributed by atoms with van der Waals surface area (Å²) < 4.78 is 21.0. The number of esters is 3. The van der Waals surface area contributed by atoms with E-state index in [9.17, 15) is 24.0 Å². The van der Waals surface area contributed by atoms with Crippen molar-refractivity contribution >= 4 is 40.8 Å². The summed E-state index contributed by atoms with van der Waals surface area (Å²) in [6.45, 7) is 3.28. The standard InChI is InChI=1S/C35H37N3O9/c1-3-44-31(39)20-30(34(42)45-4-2)37-33(41)29(38-35(43)46-22-24-13-9-6-10-14-24)18-25-21-36-28-16-15-26(19-27(25)28)47-32(40)17-23-11-7-5-8-12-23/h5-16,19,21,29-30,36H,3-4,17-18,20,22H2,1-2H3,(H,37,41)(H,38,43)/t29-,30-/m0/s1. The Morgan fingerprint density at radius 2 is 1.43 bits per heavy atom. The highest BCUT2D eigenvalue weighted by Gasteiger charge is 2.31. The van der Waals surface area contributed by atoms with Gasteiger partial charge in [0.15, 0.2) is 0 Å². The number of fused-ring (bicyclic) bond motifs is 1. The second-order valence-corrected chi connectivity index (χ2v) is 10.4. The highest BCUT2D eigenvalue weighted by Crippen LogP contribution is 2.25. The van der Waals surface area contributed by atoms with E-state index in [1.165, 1.54) is 0 Å². The van der Waals surface area contributed by atoms with Crippen LogP contribution >= 0.6 is 0 Å². The Hall–Kier alpha value is -5.65. The second kappa shape index (κ2) is 17.2. The summed E-state index contributed by atoms with van der Waals surface area (Å²) in [6, 6.07) is 20.6. The number of amides is 2. The van der Waals surface area contributed by atoms with Crippen LogP contribution in [0.2, 0.25) is 0 Å². The molecule has 12 heteroatoms. The SMILES string of the molecule is CCOC(=O)C[C@H](NC(=O)[C@H](Cc1c[nH]c2ccc(OC(=O)Cc3ccccc3)cc12)NC(=O)OCc1ccccc1)C(=O)OCC. The van der Waals surface area contributed by atoms with Crippen molar-refractivity contribution in [3.8, 4) is 5.75 Å². The number of H-pyrrole nitrogens is 1. The third-order valence-electron chi connectivity index (χ3n) is 6.97. The Morgan fingerprint density at radius 3 is 2.11 bits per heavy atom. The smallest absolute Gasteiger partial charge is 0.408 e. The van der Waals surface area contributed by atoms with Gasteiger partial charge in [0, 0.05) is 23.5 Å². The Kier molecular flexibility index (Phi) is 12.5. The first kappa shape index (κ1) is 34.2. The molecule has 0 aliphatic carbocycles. The lowest BCUT2D eigenvalue weighted by atomic mass is 10.0. The lowest BCUT2D eigenvalue weighted by molar-refractivity contribution is -0.153. The monoisotopic (exact) mass is 643 g/mol. The maximum Gasteiger partial charge on any atom is 0.408 e. The van der Waals surface area contributed by atoms with Gasteiger partial charge in [-0.3, -0.25) is 14.4 Å². The van der Waals surface area contributed by atoms with Crippen molar-refractivity contribution in [1.82, 2.24) is 15.6 Å². The Balaban J connectivity index is 1.54. The molecule has 3 aromatic carbocycles. The third-order valence-corrected chi connectivity index (χ3v) is 6.97. The van der Waals surface area contributed by atoms with E-state index in [2.05, 4.69) is 15.6 Å². The Labute approximate surface area is 271 Å². The van der Waals surface area contributed by atoms with Crippen molar-refractivity contribution < 1.29 is 42.9 Å². The molecule has 12 nitrogen and oxygen atoms in total. The van der Waals surface area contributed by atoms with Gasteiger partial charge in [-0.1, -0.05) is 60.7 Å². The van der Waals surface area contributed by atoms with Crippen LogP contribution in [0.15, 0.2) is 85.1 Å². The molecule has 0 spiro atoms. The second-order valence-electron chi connectivity index (χ2n) is 10.4. The maximum atomic E-state index is 13.6. The highest BCUT2D eigenvalue weighted by molar-refractivity contribution is 5.93. The molecule has 0 saturated carbocycles. The zero-order valence-corrected chi connectivity index (χ0v) is 26.2. The van der Waals surface area contributed by atoms with Crippen molar-refractivity contribution in [3.63, 3.8) is 0 Å². The number of rotatable bonds is 15. The van der Waals surface area contributed by atoms with Crippen LogP contribution in [-0.2, 0) is 52.8 Å². The van der Waals surface area contributed by atoms with E-state index in [1.54, 1.807) is 62.5 Å². The van der Waals surface area contributed by atoms with Gasteiger partial charge >= 0.3 is 24.0 Å². The van der Waals surface area contributed by atoms with Crippen molar-refractivity contribution in [2.24, 2.45) is 0 Å². The molecule has 0 fully saturated rings. The van der Waals surface area contributed by atoms with Crippen molar-refractivity contribution in [2.75, 3.05) is 13.2 Å². The average molecular weight is 644 g/mol. The first-order valence-corrected chi connectivity index (χ1v) is 15.2. The zero-order chi connectivity index (χ0) is 33.6. The number of hydrogen-bond acceptors (Lipinski definition) is 9. The lowest BCUT2D eigenvalue weighted by Crippen LogP contribution is -2.53. The molecule has 47 heavy (non-hydrogen) atoms. The lowest BCUT2D eigenvalue weighted by Gasteiger charge is -2.22. The van der Waals surface area contributed by atoms with Crippen LogP contribution < -0.4 is 15.4 Å². The van der Waals surface area contributed by atoms with E-state index in [0.717, 1.165) is 11.1 Å². The van der Waals surface area contributed by atoms with Crippen molar-refractivity contribution in [3.05, 3.63) is 102 Å². The first-order valence-electron chi connectivity index (χ1n) is 15.2.